The Hall–Kier alpha value is -0.950. The summed E-state index contributed by atoms with van der Waals surface area (Å²) in [5, 5.41) is 3.62. The zero-order valence-electron chi connectivity index (χ0n) is 8.57. The average molecular weight is 304 g/mol. The van der Waals surface area contributed by atoms with Gasteiger partial charge in [0, 0.05) is 6.54 Å². The molecular weight excluding hydrogens is 294 g/mol. The van der Waals surface area contributed by atoms with Gasteiger partial charge in [0.2, 0.25) is 5.91 Å². The van der Waals surface area contributed by atoms with E-state index in [0.29, 0.717) is 11.7 Å². The summed E-state index contributed by atoms with van der Waals surface area (Å²) in [6.45, 7) is 2.22. The van der Waals surface area contributed by atoms with Crippen LogP contribution in [0, 0.1) is 0 Å². The summed E-state index contributed by atoms with van der Waals surface area (Å²) in [7, 11) is 0. The highest BCUT2D eigenvalue weighted by Gasteiger charge is 2.37. The number of nitrogens with one attached hydrogen (secondary N) is 1. The van der Waals surface area contributed by atoms with Crippen LogP contribution in [0.1, 0.15) is 13.3 Å². The van der Waals surface area contributed by atoms with Gasteiger partial charge in [0.15, 0.2) is 5.13 Å². The number of nitrogens with zero attached hydrogens (tertiary/aromatic N) is 2. The summed E-state index contributed by atoms with van der Waals surface area (Å²) in [5.74, 6) is -0.292. The van der Waals surface area contributed by atoms with Crippen LogP contribution in [-0.4, -0.2) is 34.3 Å². The lowest BCUT2D eigenvalue weighted by Gasteiger charge is -2.12. The SMILES string of the molecule is CCN1C(=O)CC(Nc2ncc(Br)s2)C1=O. The van der Waals surface area contributed by atoms with Crippen molar-refractivity contribution in [3.05, 3.63) is 9.98 Å². The molecule has 0 aliphatic carbocycles. The van der Waals surface area contributed by atoms with Crippen LogP contribution >= 0.6 is 27.3 Å². The lowest BCUT2D eigenvalue weighted by atomic mass is 10.2. The molecule has 5 nitrogen and oxygen atoms in total. The normalized spacial score (nSPS) is 20.6. The van der Waals surface area contributed by atoms with Crippen LogP contribution in [0.5, 0.6) is 0 Å². The molecule has 1 unspecified atom stereocenters. The first kappa shape index (κ1) is 11.5. The molecular formula is C9H10BrN3O2S. The fourth-order valence-corrected chi connectivity index (χ4v) is 2.76. The van der Waals surface area contributed by atoms with E-state index in [1.165, 1.54) is 16.2 Å². The van der Waals surface area contributed by atoms with Crippen molar-refractivity contribution in [2.24, 2.45) is 0 Å². The van der Waals surface area contributed by atoms with E-state index in [0.717, 1.165) is 3.79 Å². The third kappa shape index (κ3) is 2.10. The van der Waals surface area contributed by atoms with Crippen molar-refractivity contribution >= 4 is 44.2 Å². The molecule has 2 rings (SSSR count). The van der Waals surface area contributed by atoms with Crippen LogP contribution in [0.25, 0.3) is 0 Å². The van der Waals surface area contributed by atoms with Gasteiger partial charge in [-0.25, -0.2) is 4.98 Å². The van der Waals surface area contributed by atoms with Crippen LogP contribution in [0.4, 0.5) is 5.13 Å². The Morgan fingerprint density at radius 2 is 2.44 bits per heavy atom. The first-order valence-electron chi connectivity index (χ1n) is 4.84. The van der Waals surface area contributed by atoms with Crippen molar-refractivity contribution < 1.29 is 9.59 Å². The lowest BCUT2D eigenvalue weighted by Crippen LogP contribution is -2.34. The van der Waals surface area contributed by atoms with Crippen LogP contribution in [0.2, 0.25) is 0 Å². The van der Waals surface area contributed by atoms with Gasteiger partial charge in [-0.05, 0) is 22.9 Å². The number of anilines is 1. The van der Waals surface area contributed by atoms with Gasteiger partial charge in [-0.2, -0.15) is 0 Å². The van der Waals surface area contributed by atoms with E-state index in [9.17, 15) is 9.59 Å². The minimum atomic E-state index is -0.467. The molecule has 0 aromatic carbocycles. The van der Waals surface area contributed by atoms with E-state index in [-0.39, 0.29) is 18.2 Å². The molecule has 2 amide bonds. The third-order valence-electron chi connectivity index (χ3n) is 2.34. The number of hydrogen-bond acceptors (Lipinski definition) is 5. The van der Waals surface area contributed by atoms with E-state index in [1.807, 2.05) is 0 Å². The number of hydrogen-bond donors (Lipinski definition) is 1. The van der Waals surface area contributed by atoms with Gasteiger partial charge in [-0.15, -0.1) is 0 Å². The molecule has 16 heavy (non-hydrogen) atoms. The molecule has 0 spiro atoms. The number of imide groups is 1. The summed E-state index contributed by atoms with van der Waals surface area (Å²) < 4.78 is 0.888. The number of carbonyl (C=O) groups is 2. The molecule has 1 fully saturated rings. The highest BCUT2D eigenvalue weighted by Crippen LogP contribution is 2.25. The first-order chi connectivity index (χ1) is 7.61. The first-order valence-corrected chi connectivity index (χ1v) is 6.45. The van der Waals surface area contributed by atoms with E-state index < -0.39 is 6.04 Å². The topological polar surface area (TPSA) is 62.3 Å². The second-order valence-corrected chi connectivity index (χ2v) is 5.76. The largest absolute Gasteiger partial charge is 0.349 e. The zero-order chi connectivity index (χ0) is 11.7. The molecule has 0 bridgehead atoms. The van der Waals surface area contributed by atoms with Gasteiger partial charge in [-0.1, -0.05) is 11.3 Å². The van der Waals surface area contributed by atoms with Crippen LogP contribution < -0.4 is 5.32 Å². The molecule has 0 radical (unpaired) electrons. The fraction of sp³-hybridized carbons (Fsp3) is 0.444. The number of carbonyl (C=O) groups excluding carboxylic acids is 2. The molecule has 1 aliphatic heterocycles. The number of likely N-dealkylation sites (tertiary alicyclic amines) is 1. The Morgan fingerprint density at radius 3 is 2.94 bits per heavy atom. The van der Waals surface area contributed by atoms with Crippen molar-refractivity contribution in [2.45, 2.75) is 19.4 Å². The number of likely N-dealkylation sites (N-methyl/N-ethyl adjacent to an activating group) is 1. The van der Waals surface area contributed by atoms with Crippen molar-refractivity contribution in [3.63, 3.8) is 0 Å². The van der Waals surface area contributed by atoms with Gasteiger partial charge in [0.1, 0.15) is 6.04 Å². The molecule has 1 atom stereocenters. The zero-order valence-corrected chi connectivity index (χ0v) is 11.0. The van der Waals surface area contributed by atoms with E-state index in [4.69, 9.17) is 0 Å². The summed E-state index contributed by atoms with van der Waals surface area (Å²) in [6, 6.07) is -0.467. The summed E-state index contributed by atoms with van der Waals surface area (Å²) >= 11 is 4.69. The number of halogens is 1. The van der Waals surface area contributed by atoms with Crippen molar-refractivity contribution in [2.75, 3.05) is 11.9 Å². The molecule has 86 valence electrons. The number of amides is 2. The fourth-order valence-electron chi connectivity index (χ4n) is 1.60. The summed E-state index contributed by atoms with van der Waals surface area (Å²) in [5.41, 5.74) is 0. The Balaban J connectivity index is 2.07. The van der Waals surface area contributed by atoms with Crippen LogP contribution in [-0.2, 0) is 9.59 Å². The maximum absolute atomic E-state index is 11.8. The van der Waals surface area contributed by atoms with Gasteiger partial charge in [0.25, 0.3) is 5.91 Å². The maximum Gasteiger partial charge on any atom is 0.252 e. The molecule has 7 heteroatoms. The smallest absolute Gasteiger partial charge is 0.252 e. The average Bonchev–Trinajstić information content (AvgIpc) is 2.74. The van der Waals surface area contributed by atoms with Gasteiger partial charge < -0.3 is 5.32 Å². The Kier molecular flexibility index (Phi) is 3.25. The van der Waals surface area contributed by atoms with Crippen LogP contribution in [0.3, 0.4) is 0 Å². The van der Waals surface area contributed by atoms with Crippen LogP contribution in [0.15, 0.2) is 9.98 Å². The second kappa shape index (κ2) is 4.50. The summed E-state index contributed by atoms with van der Waals surface area (Å²) in [4.78, 5) is 28.6. The molecule has 1 saturated heterocycles. The van der Waals surface area contributed by atoms with E-state index in [1.54, 1.807) is 13.1 Å². The van der Waals surface area contributed by atoms with Crippen molar-refractivity contribution in [1.29, 1.82) is 0 Å². The predicted molar refractivity (Wildman–Crippen MR) is 64.2 cm³/mol. The standard InChI is InChI=1S/C9H10BrN3O2S/c1-2-13-7(14)3-5(8(13)15)12-9-11-4-6(10)16-9/h4-5H,2-3H2,1H3,(H,11,12). The van der Waals surface area contributed by atoms with Gasteiger partial charge in [-0.3, -0.25) is 14.5 Å². The minimum Gasteiger partial charge on any atom is -0.349 e. The number of aromatic nitrogens is 1. The third-order valence-corrected chi connectivity index (χ3v) is 3.74. The highest BCUT2D eigenvalue weighted by atomic mass is 79.9. The minimum absolute atomic E-state index is 0.124. The quantitative estimate of drug-likeness (QED) is 0.859. The van der Waals surface area contributed by atoms with Gasteiger partial charge in [0.05, 0.1) is 16.4 Å². The molecule has 1 aliphatic rings. The Morgan fingerprint density at radius 1 is 1.69 bits per heavy atom. The highest BCUT2D eigenvalue weighted by molar-refractivity contribution is 9.11. The molecule has 0 saturated carbocycles. The van der Waals surface area contributed by atoms with Crippen molar-refractivity contribution in [1.82, 2.24) is 9.88 Å². The molecule has 1 aromatic rings. The van der Waals surface area contributed by atoms with E-state index >= 15 is 0 Å². The van der Waals surface area contributed by atoms with E-state index in [2.05, 4.69) is 26.2 Å². The number of rotatable bonds is 3. The molecule has 1 N–H and O–H groups in total. The monoisotopic (exact) mass is 303 g/mol. The maximum atomic E-state index is 11.8. The summed E-state index contributed by atoms with van der Waals surface area (Å²) in [6.07, 6.45) is 1.87. The lowest BCUT2D eigenvalue weighted by molar-refractivity contribution is -0.138. The van der Waals surface area contributed by atoms with Gasteiger partial charge >= 0.3 is 0 Å². The number of thiazole rings is 1. The Bertz CT molecular complexity index is 434. The van der Waals surface area contributed by atoms with Crippen molar-refractivity contribution in [3.8, 4) is 0 Å². The molecule has 2 heterocycles. The predicted octanol–water partition coefficient (Wildman–Crippen LogP) is 1.46. The molecule has 1 aromatic heterocycles. The second-order valence-electron chi connectivity index (χ2n) is 3.35. The Labute approximate surface area is 105 Å².